The van der Waals surface area contributed by atoms with Crippen molar-refractivity contribution in [2.45, 2.75) is 13.5 Å². The summed E-state index contributed by atoms with van der Waals surface area (Å²) in [7, 11) is 1.54. The molecule has 0 aromatic heterocycles. The number of benzene rings is 2. The van der Waals surface area contributed by atoms with Gasteiger partial charge in [0.2, 0.25) is 0 Å². The van der Waals surface area contributed by atoms with Crippen LogP contribution in [-0.4, -0.2) is 13.1 Å². The summed E-state index contributed by atoms with van der Waals surface area (Å²) in [5.41, 5.74) is 8.14. The molecule has 0 atom stereocenters. The molecule has 0 unspecified atom stereocenters. The fourth-order valence-electron chi connectivity index (χ4n) is 1.84. The summed E-state index contributed by atoms with van der Waals surface area (Å²) in [5, 5.41) is 0. The number of carbonyl (C=O) groups excluding carboxylic acids is 1. The fraction of sp³-hybridized carbons (Fsp3) is 0.188. The van der Waals surface area contributed by atoms with Gasteiger partial charge in [-0.15, -0.1) is 0 Å². The van der Waals surface area contributed by atoms with Crippen LogP contribution in [-0.2, 0) is 11.3 Å². The van der Waals surface area contributed by atoms with Gasteiger partial charge in [-0.05, 0) is 29.8 Å². The van der Waals surface area contributed by atoms with Gasteiger partial charge in [-0.2, -0.15) is 0 Å². The second-order valence-corrected chi connectivity index (χ2v) is 4.42. The monoisotopic (exact) mass is 286 g/mol. The fourth-order valence-corrected chi connectivity index (χ4v) is 1.84. The zero-order valence-corrected chi connectivity index (χ0v) is 12.1. The molecule has 2 rings (SSSR count). The first-order valence-corrected chi connectivity index (χ1v) is 6.58. The molecule has 0 heterocycles. The minimum atomic E-state index is -0.374. The zero-order chi connectivity index (χ0) is 15.1. The Hall–Kier alpha value is -2.53. The predicted octanol–water partition coefficient (Wildman–Crippen LogP) is 2.74. The maximum Gasteiger partial charge on any atom is 0.308 e. The van der Waals surface area contributed by atoms with Gasteiger partial charge in [0.1, 0.15) is 0 Å². The van der Waals surface area contributed by atoms with Crippen LogP contribution in [0.15, 0.2) is 48.5 Å². The van der Waals surface area contributed by atoms with Crippen LogP contribution in [0.4, 0.5) is 5.69 Å². The van der Waals surface area contributed by atoms with Crippen molar-refractivity contribution in [3.8, 4) is 11.5 Å². The highest BCUT2D eigenvalue weighted by Gasteiger charge is 2.08. The highest BCUT2D eigenvalue weighted by molar-refractivity contribution is 5.70. The molecule has 0 saturated carbocycles. The second kappa shape index (κ2) is 7.31. The lowest BCUT2D eigenvalue weighted by Crippen LogP contribution is -2.20. The predicted molar refractivity (Wildman–Crippen MR) is 81.2 cm³/mol. The Morgan fingerprint density at radius 1 is 1.10 bits per heavy atom. The number of para-hydroxylation sites is 1. The van der Waals surface area contributed by atoms with Crippen LogP contribution in [0, 0.1) is 0 Å². The summed E-state index contributed by atoms with van der Waals surface area (Å²) in [4.78, 5) is 11.1. The molecule has 0 aliphatic rings. The maximum absolute atomic E-state index is 11.1. The molecule has 0 amide bonds. The summed E-state index contributed by atoms with van der Waals surface area (Å²) in [6, 6.07) is 15.3. The smallest absolute Gasteiger partial charge is 0.308 e. The molecule has 0 aliphatic carbocycles. The number of ether oxygens (including phenoxy) is 2. The van der Waals surface area contributed by atoms with Crippen LogP contribution in [0.1, 0.15) is 12.5 Å². The number of carbonyl (C=O) groups is 1. The number of hydrogen-bond acceptors (Lipinski definition) is 5. The Labute approximate surface area is 123 Å². The molecule has 0 spiro atoms. The first-order valence-electron chi connectivity index (χ1n) is 6.58. The van der Waals surface area contributed by atoms with Gasteiger partial charge >= 0.3 is 5.97 Å². The van der Waals surface area contributed by atoms with Gasteiger partial charge in [0, 0.05) is 19.2 Å². The topological polar surface area (TPSA) is 59.6 Å². The normalized spacial score (nSPS) is 10.0. The molecule has 2 aromatic carbocycles. The van der Waals surface area contributed by atoms with E-state index in [2.05, 4.69) is 10.9 Å². The molecule has 2 N–H and O–H groups in total. The van der Waals surface area contributed by atoms with Crippen molar-refractivity contribution >= 4 is 11.7 Å². The van der Waals surface area contributed by atoms with Gasteiger partial charge in [0.05, 0.1) is 7.11 Å². The first-order chi connectivity index (χ1) is 10.2. The number of hydrogen-bond donors (Lipinski definition) is 2. The van der Waals surface area contributed by atoms with Gasteiger partial charge in [0.25, 0.3) is 0 Å². The minimum Gasteiger partial charge on any atom is -0.493 e. The van der Waals surface area contributed by atoms with E-state index in [1.54, 1.807) is 12.1 Å². The van der Waals surface area contributed by atoms with E-state index in [9.17, 15) is 4.79 Å². The van der Waals surface area contributed by atoms with Crippen LogP contribution in [0.5, 0.6) is 11.5 Å². The Kier molecular flexibility index (Phi) is 5.17. The van der Waals surface area contributed by atoms with Crippen molar-refractivity contribution in [1.29, 1.82) is 0 Å². The van der Waals surface area contributed by atoms with E-state index in [-0.39, 0.29) is 5.97 Å². The SMILES string of the molecule is COc1ccc(CNNc2ccccc2)cc1OC(C)=O. The second-order valence-electron chi connectivity index (χ2n) is 4.42. The number of nitrogens with one attached hydrogen (secondary N) is 2. The van der Waals surface area contributed by atoms with E-state index in [1.165, 1.54) is 14.0 Å². The molecular formula is C16H18N2O3. The third-order valence-electron chi connectivity index (χ3n) is 2.78. The van der Waals surface area contributed by atoms with Gasteiger partial charge < -0.3 is 14.9 Å². The molecule has 0 aliphatic heterocycles. The minimum absolute atomic E-state index is 0.374. The number of methoxy groups -OCH3 is 1. The third kappa shape index (κ3) is 4.50. The lowest BCUT2D eigenvalue weighted by atomic mass is 10.2. The average molecular weight is 286 g/mol. The summed E-state index contributed by atoms with van der Waals surface area (Å²) in [6.07, 6.45) is 0. The van der Waals surface area contributed by atoms with E-state index >= 15 is 0 Å². The Morgan fingerprint density at radius 2 is 1.86 bits per heavy atom. The highest BCUT2D eigenvalue weighted by atomic mass is 16.6. The Bertz CT molecular complexity index is 600. The van der Waals surface area contributed by atoms with E-state index in [4.69, 9.17) is 9.47 Å². The molecule has 5 heteroatoms. The van der Waals surface area contributed by atoms with Gasteiger partial charge in [-0.25, -0.2) is 5.43 Å². The molecule has 5 nitrogen and oxygen atoms in total. The number of esters is 1. The standard InChI is InChI=1S/C16H18N2O3/c1-12(19)21-16-10-13(8-9-15(16)20-2)11-17-18-14-6-4-3-5-7-14/h3-10,17-18H,11H2,1-2H3. The average Bonchev–Trinajstić information content (AvgIpc) is 2.48. The molecule has 0 radical (unpaired) electrons. The van der Waals surface area contributed by atoms with Gasteiger partial charge in [0.15, 0.2) is 11.5 Å². The lowest BCUT2D eigenvalue weighted by molar-refractivity contribution is -0.132. The summed E-state index contributed by atoms with van der Waals surface area (Å²) < 4.78 is 10.3. The lowest BCUT2D eigenvalue weighted by Gasteiger charge is -2.11. The van der Waals surface area contributed by atoms with Crippen molar-refractivity contribution in [3.05, 3.63) is 54.1 Å². The Morgan fingerprint density at radius 3 is 2.52 bits per heavy atom. The van der Waals surface area contributed by atoms with Crippen molar-refractivity contribution in [1.82, 2.24) is 5.43 Å². The molecule has 0 saturated heterocycles. The largest absolute Gasteiger partial charge is 0.493 e. The summed E-state index contributed by atoms with van der Waals surface area (Å²) in [5.74, 6) is 0.579. The van der Waals surface area contributed by atoms with Crippen LogP contribution in [0.25, 0.3) is 0 Å². The molecule has 2 aromatic rings. The van der Waals surface area contributed by atoms with Gasteiger partial charge in [-0.1, -0.05) is 24.3 Å². The number of rotatable bonds is 6. The van der Waals surface area contributed by atoms with Crippen molar-refractivity contribution in [2.24, 2.45) is 0 Å². The van der Waals surface area contributed by atoms with E-state index in [0.717, 1.165) is 11.3 Å². The van der Waals surface area contributed by atoms with Crippen molar-refractivity contribution < 1.29 is 14.3 Å². The third-order valence-corrected chi connectivity index (χ3v) is 2.78. The number of anilines is 1. The molecule has 110 valence electrons. The van der Waals surface area contributed by atoms with Crippen LogP contribution in [0.3, 0.4) is 0 Å². The molecule has 21 heavy (non-hydrogen) atoms. The van der Waals surface area contributed by atoms with Crippen LogP contribution < -0.4 is 20.3 Å². The van der Waals surface area contributed by atoms with Crippen LogP contribution in [0.2, 0.25) is 0 Å². The van der Waals surface area contributed by atoms with E-state index < -0.39 is 0 Å². The summed E-state index contributed by atoms with van der Waals surface area (Å²) >= 11 is 0. The molecule has 0 bridgehead atoms. The van der Waals surface area contributed by atoms with Crippen molar-refractivity contribution in [2.75, 3.05) is 12.5 Å². The van der Waals surface area contributed by atoms with Crippen LogP contribution >= 0.6 is 0 Å². The molecule has 0 fully saturated rings. The molecular weight excluding hydrogens is 268 g/mol. The maximum atomic E-state index is 11.1. The quantitative estimate of drug-likeness (QED) is 0.486. The van der Waals surface area contributed by atoms with E-state index in [0.29, 0.717) is 18.0 Å². The van der Waals surface area contributed by atoms with Gasteiger partial charge in [-0.3, -0.25) is 4.79 Å². The van der Waals surface area contributed by atoms with E-state index in [1.807, 2.05) is 36.4 Å². The Balaban J connectivity index is 1.98. The zero-order valence-electron chi connectivity index (χ0n) is 12.1. The summed E-state index contributed by atoms with van der Waals surface area (Å²) in [6.45, 7) is 1.94. The van der Waals surface area contributed by atoms with Crippen molar-refractivity contribution in [3.63, 3.8) is 0 Å². The highest BCUT2D eigenvalue weighted by Crippen LogP contribution is 2.28. The first kappa shape index (κ1) is 14.9. The number of hydrazine groups is 1.